The molecule has 1 radical (unpaired) electrons. The normalized spacial score (nSPS) is 13.1. The van der Waals surface area contributed by atoms with Crippen LogP contribution in [-0.4, -0.2) is 30.8 Å². The van der Waals surface area contributed by atoms with Crippen molar-refractivity contribution in [2.24, 2.45) is 0 Å². The highest BCUT2D eigenvalue weighted by molar-refractivity contribution is 5.83. The lowest BCUT2D eigenvalue weighted by molar-refractivity contribution is -0.160. The minimum absolute atomic E-state index is 0.115. The van der Waals surface area contributed by atoms with Crippen molar-refractivity contribution in [3.8, 4) is 0 Å². The molecule has 8 heteroatoms. The molecule has 0 saturated heterocycles. The van der Waals surface area contributed by atoms with Crippen LogP contribution < -0.4 is 11.1 Å². The summed E-state index contributed by atoms with van der Waals surface area (Å²) in [6.45, 7) is -0.220. The predicted molar refractivity (Wildman–Crippen MR) is 42.7 cm³/mol. The lowest BCUT2D eigenvalue weighted by Crippen LogP contribution is -2.42. The van der Waals surface area contributed by atoms with E-state index in [1.165, 1.54) is 6.92 Å². The summed E-state index contributed by atoms with van der Waals surface area (Å²) in [5, 5.41) is 1.84. The average molecular weight is 227 g/mol. The summed E-state index contributed by atoms with van der Waals surface area (Å²) >= 11 is 0. The van der Waals surface area contributed by atoms with E-state index in [2.05, 4.69) is 4.74 Å². The molecule has 0 aromatic carbocycles. The molecule has 2 N–H and O–H groups in total. The molecule has 0 spiro atoms. The van der Waals surface area contributed by atoms with E-state index in [1.54, 1.807) is 0 Å². The van der Waals surface area contributed by atoms with Crippen molar-refractivity contribution in [3.63, 3.8) is 0 Å². The lowest BCUT2D eigenvalue weighted by Gasteiger charge is -2.13. The zero-order chi connectivity index (χ0) is 12.1. The topological polar surface area (TPSA) is 79.2 Å². The summed E-state index contributed by atoms with van der Waals surface area (Å²) in [5.41, 5.74) is 6.65. The van der Waals surface area contributed by atoms with Gasteiger partial charge in [-0.2, -0.15) is 13.2 Å². The molecule has 2 amide bonds. The smallest absolute Gasteiger partial charge is 0.422 e. The molecule has 0 aliphatic heterocycles. The van der Waals surface area contributed by atoms with Crippen LogP contribution in [0.2, 0.25) is 0 Å². The van der Waals surface area contributed by atoms with Gasteiger partial charge in [0.25, 0.3) is 5.91 Å². The maximum absolute atomic E-state index is 11.6. The number of alkyl halides is 3. The zero-order valence-electron chi connectivity index (χ0n) is 7.85. The van der Waals surface area contributed by atoms with E-state index in [0.29, 0.717) is 0 Å². The Bertz CT molecular complexity index is 242. The Hall–Kier alpha value is -1.47. The highest BCUT2D eigenvalue weighted by Gasteiger charge is 2.30. The number of amides is 2. The van der Waals surface area contributed by atoms with Crippen molar-refractivity contribution in [1.82, 2.24) is 11.1 Å². The second-order valence-electron chi connectivity index (χ2n) is 2.66. The highest BCUT2D eigenvalue weighted by atomic mass is 19.4. The number of nitrogens with one attached hydrogen (secondary N) is 2. The van der Waals surface area contributed by atoms with Crippen LogP contribution in [0.4, 0.5) is 18.0 Å². The van der Waals surface area contributed by atoms with Crippen molar-refractivity contribution in [3.05, 3.63) is 0 Å². The van der Waals surface area contributed by atoms with Gasteiger partial charge in [-0.3, -0.25) is 10.5 Å². The third-order valence-corrected chi connectivity index (χ3v) is 1.38. The Morgan fingerprint density at radius 2 is 2.00 bits per heavy atom. The monoisotopic (exact) mass is 227 g/mol. The summed E-state index contributed by atoms with van der Waals surface area (Å²) in [7, 11) is 0. The molecular formula is C7H10F3N2O3. The number of hydrogen-bond acceptors (Lipinski definition) is 3. The molecule has 0 aromatic rings. The maximum Gasteiger partial charge on any atom is 0.422 e. The van der Waals surface area contributed by atoms with Gasteiger partial charge >= 0.3 is 12.3 Å². The second kappa shape index (κ2) is 5.42. The molecule has 87 valence electrons. The molecule has 5 nitrogen and oxygen atoms in total. The van der Waals surface area contributed by atoms with Crippen molar-refractivity contribution in [1.29, 1.82) is 0 Å². The van der Waals surface area contributed by atoms with E-state index in [9.17, 15) is 22.8 Å². The van der Waals surface area contributed by atoms with Crippen LogP contribution in [0.3, 0.4) is 0 Å². The van der Waals surface area contributed by atoms with Gasteiger partial charge in [0.05, 0.1) is 0 Å². The summed E-state index contributed by atoms with van der Waals surface area (Å²) < 4.78 is 38.5. The van der Waals surface area contributed by atoms with Crippen LogP contribution in [-0.2, 0) is 9.53 Å². The Kier molecular flexibility index (Phi) is 4.89. The molecule has 0 bridgehead atoms. The first-order chi connectivity index (χ1) is 6.76. The van der Waals surface area contributed by atoms with Crippen LogP contribution in [0.5, 0.6) is 0 Å². The van der Waals surface area contributed by atoms with E-state index in [-0.39, 0.29) is 6.42 Å². The van der Waals surface area contributed by atoms with Crippen molar-refractivity contribution >= 4 is 12.0 Å². The minimum atomic E-state index is -4.61. The first-order valence-electron chi connectivity index (χ1n) is 4.01. The number of ether oxygens (including phenoxy) is 1. The number of halogens is 3. The molecule has 0 aliphatic carbocycles. The van der Waals surface area contributed by atoms with Crippen LogP contribution >= 0.6 is 0 Å². The predicted octanol–water partition coefficient (Wildman–Crippen LogP) is 0.863. The van der Waals surface area contributed by atoms with Gasteiger partial charge < -0.3 is 10.1 Å². The van der Waals surface area contributed by atoms with Gasteiger partial charge in [0.2, 0.25) is 0 Å². The molecule has 0 aromatic heterocycles. The molecule has 0 aliphatic rings. The Morgan fingerprint density at radius 1 is 1.47 bits per heavy atom. The van der Waals surface area contributed by atoms with E-state index < -0.39 is 30.8 Å². The fourth-order valence-electron chi connectivity index (χ4n) is 0.684. The average Bonchev–Trinajstić information content (AvgIpc) is 2.09. The summed E-state index contributed by atoms with van der Waals surface area (Å²) in [6, 6.07) is -1.13. The minimum Gasteiger partial charge on any atom is -0.440 e. The molecule has 1 unspecified atom stereocenters. The number of hydrogen-bond donors (Lipinski definition) is 1. The molecule has 1 atom stereocenters. The van der Waals surface area contributed by atoms with Crippen LogP contribution in [0.25, 0.3) is 0 Å². The van der Waals surface area contributed by atoms with Crippen LogP contribution in [0, 0.1) is 0 Å². The van der Waals surface area contributed by atoms with Gasteiger partial charge in [-0.05, 0) is 6.42 Å². The highest BCUT2D eigenvalue weighted by Crippen LogP contribution is 2.14. The Labute approximate surface area is 83.8 Å². The fraction of sp³-hybridized carbons (Fsp3) is 0.714. The summed E-state index contributed by atoms with van der Waals surface area (Å²) in [4.78, 5) is 21.2. The number of rotatable bonds is 4. The van der Waals surface area contributed by atoms with Crippen LogP contribution in [0.1, 0.15) is 13.3 Å². The van der Waals surface area contributed by atoms with Crippen molar-refractivity contribution < 1.29 is 27.5 Å². The third kappa shape index (κ3) is 6.58. The number of alkyl carbamates (subject to hydrolysis) is 1. The second-order valence-corrected chi connectivity index (χ2v) is 2.66. The molecule has 15 heavy (non-hydrogen) atoms. The van der Waals surface area contributed by atoms with Crippen LogP contribution in [0.15, 0.2) is 0 Å². The van der Waals surface area contributed by atoms with Crippen molar-refractivity contribution in [2.45, 2.75) is 25.6 Å². The first-order valence-corrected chi connectivity index (χ1v) is 4.01. The SMILES string of the molecule is CCC(NC(=O)OCC(F)(F)F)C([NH])=O. The fourth-order valence-corrected chi connectivity index (χ4v) is 0.684. The Morgan fingerprint density at radius 3 is 2.33 bits per heavy atom. The van der Waals surface area contributed by atoms with E-state index in [0.717, 1.165) is 0 Å². The van der Waals surface area contributed by atoms with Gasteiger partial charge in [-0.15, -0.1) is 0 Å². The molecule has 0 rings (SSSR count). The molecular weight excluding hydrogens is 217 g/mol. The van der Waals surface area contributed by atoms with E-state index in [1.807, 2.05) is 5.32 Å². The van der Waals surface area contributed by atoms with Gasteiger partial charge in [-0.25, -0.2) is 4.79 Å². The number of carbonyl (C=O) groups excluding carboxylic acids is 2. The van der Waals surface area contributed by atoms with Crippen molar-refractivity contribution in [2.75, 3.05) is 6.61 Å². The molecule has 0 saturated carbocycles. The number of carbonyl (C=O) groups is 2. The largest absolute Gasteiger partial charge is 0.440 e. The first kappa shape index (κ1) is 13.5. The van der Waals surface area contributed by atoms with Gasteiger partial charge in [0.15, 0.2) is 6.61 Å². The van der Waals surface area contributed by atoms with E-state index >= 15 is 0 Å². The van der Waals surface area contributed by atoms with E-state index in [4.69, 9.17) is 5.73 Å². The third-order valence-electron chi connectivity index (χ3n) is 1.38. The van der Waals surface area contributed by atoms with Gasteiger partial charge in [0.1, 0.15) is 6.04 Å². The maximum atomic E-state index is 11.6. The van der Waals surface area contributed by atoms with Gasteiger partial charge in [0, 0.05) is 0 Å². The Balaban J connectivity index is 3.98. The standard InChI is InChI=1S/C7H10F3N2O3/c1-2-4(5(11)13)12-6(14)15-3-7(8,9)10/h4,11H,2-3H2,1H3,(H,12,14). The lowest BCUT2D eigenvalue weighted by atomic mass is 10.2. The molecule has 0 fully saturated rings. The van der Waals surface area contributed by atoms with Gasteiger partial charge in [-0.1, -0.05) is 6.92 Å². The summed E-state index contributed by atoms with van der Waals surface area (Å²) in [5.74, 6) is -1.08. The quantitative estimate of drug-likeness (QED) is 0.773. The zero-order valence-corrected chi connectivity index (χ0v) is 7.85. The summed E-state index contributed by atoms with van der Waals surface area (Å²) in [6.07, 6.45) is -5.85. The molecule has 0 heterocycles.